The van der Waals surface area contributed by atoms with Crippen LogP contribution in [-0.2, 0) is 0 Å². The standard InChI is InChI=1S/C13H23N5O2S/c1-3-6-21-13-16-11(10(18-14)12(17-13)20-2)15-8-4-5-9(19)7-8/h8-9,18-19H,3-7,14H2,1-2H3,(H,15,16,17). The number of nitrogens with two attached hydrogens (primary N) is 1. The summed E-state index contributed by atoms with van der Waals surface area (Å²) in [5.41, 5.74) is 3.14. The average Bonchev–Trinajstić information content (AvgIpc) is 2.89. The van der Waals surface area contributed by atoms with Crippen LogP contribution in [-0.4, -0.2) is 40.1 Å². The third-order valence-corrected chi connectivity index (χ3v) is 4.43. The summed E-state index contributed by atoms with van der Waals surface area (Å²) >= 11 is 1.58. The van der Waals surface area contributed by atoms with Gasteiger partial charge in [-0.05, 0) is 25.7 Å². The molecule has 0 amide bonds. The van der Waals surface area contributed by atoms with Crippen molar-refractivity contribution in [3.63, 3.8) is 0 Å². The van der Waals surface area contributed by atoms with Gasteiger partial charge in [0.05, 0.1) is 13.2 Å². The molecule has 2 atom stereocenters. The van der Waals surface area contributed by atoms with Gasteiger partial charge >= 0.3 is 0 Å². The third-order valence-electron chi connectivity index (χ3n) is 3.37. The van der Waals surface area contributed by atoms with E-state index < -0.39 is 0 Å². The van der Waals surface area contributed by atoms with E-state index in [4.69, 9.17) is 10.6 Å². The predicted octanol–water partition coefficient (Wildman–Crippen LogP) is 1.60. The smallest absolute Gasteiger partial charge is 0.244 e. The van der Waals surface area contributed by atoms with Crippen molar-refractivity contribution in [3.05, 3.63) is 0 Å². The SMILES string of the molecule is CCCSc1nc(NC2CCC(O)C2)c(NN)c(OC)n1. The van der Waals surface area contributed by atoms with E-state index in [2.05, 4.69) is 27.6 Å². The van der Waals surface area contributed by atoms with E-state index in [0.29, 0.717) is 29.0 Å². The fourth-order valence-corrected chi connectivity index (χ4v) is 3.03. The fourth-order valence-electron chi connectivity index (χ4n) is 2.34. The number of aliphatic hydroxyl groups excluding tert-OH is 1. The van der Waals surface area contributed by atoms with Crippen molar-refractivity contribution in [2.45, 2.75) is 49.9 Å². The highest BCUT2D eigenvalue weighted by atomic mass is 32.2. The molecule has 7 nitrogen and oxygen atoms in total. The summed E-state index contributed by atoms with van der Waals surface area (Å²) in [5.74, 6) is 7.57. The summed E-state index contributed by atoms with van der Waals surface area (Å²) in [7, 11) is 1.56. The van der Waals surface area contributed by atoms with Crippen LogP contribution in [0.15, 0.2) is 5.16 Å². The van der Waals surface area contributed by atoms with Crippen LogP contribution in [0.1, 0.15) is 32.6 Å². The van der Waals surface area contributed by atoms with Crippen molar-refractivity contribution in [1.29, 1.82) is 0 Å². The van der Waals surface area contributed by atoms with Crippen molar-refractivity contribution in [2.75, 3.05) is 23.6 Å². The number of rotatable bonds is 7. The summed E-state index contributed by atoms with van der Waals surface area (Å²) < 4.78 is 5.29. The van der Waals surface area contributed by atoms with E-state index in [-0.39, 0.29) is 12.1 Å². The minimum Gasteiger partial charge on any atom is -0.479 e. The molecule has 1 aromatic heterocycles. The molecule has 0 aliphatic heterocycles. The summed E-state index contributed by atoms with van der Waals surface area (Å²) in [6, 6.07) is 0.190. The van der Waals surface area contributed by atoms with Gasteiger partial charge in [-0.2, -0.15) is 4.98 Å². The van der Waals surface area contributed by atoms with Gasteiger partial charge in [0.2, 0.25) is 5.88 Å². The van der Waals surface area contributed by atoms with E-state index in [1.54, 1.807) is 18.9 Å². The number of aliphatic hydroxyl groups is 1. The topological polar surface area (TPSA) is 105 Å². The molecular weight excluding hydrogens is 290 g/mol. The van der Waals surface area contributed by atoms with E-state index in [1.165, 1.54) is 0 Å². The largest absolute Gasteiger partial charge is 0.479 e. The molecule has 0 bridgehead atoms. The first-order valence-electron chi connectivity index (χ1n) is 7.18. The summed E-state index contributed by atoms with van der Waals surface area (Å²) in [5, 5.41) is 13.6. The Kier molecular flexibility index (Phi) is 5.89. The van der Waals surface area contributed by atoms with Gasteiger partial charge in [0.25, 0.3) is 0 Å². The van der Waals surface area contributed by atoms with Crippen LogP contribution >= 0.6 is 11.8 Å². The molecule has 2 rings (SSSR count). The van der Waals surface area contributed by atoms with Gasteiger partial charge < -0.3 is 20.6 Å². The van der Waals surface area contributed by atoms with Crippen LogP contribution in [0, 0.1) is 0 Å². The molecule has 8 heteroatoms. The average molecular weight is 313 g/mol. The molecular formula is C13H23N5O2S. The second kappa shape index (κ2) is 7.67. The predicted molar refractivity (Wildman–Crippen MR) is 84.7 cm³/mol. The summed E-state index contributed by atoms with van der Waals surface area (Å²) in [6.45, 7) is 2.11. The van der Waals surface area contributed by atoms with Crippen molar-refractivity contribution >= 4 is 23.3 Å². The minimum absolute atomic E-state index is 0.190. The molecule has 1 aliphatic rings. The van der Waals surface area contributed by atoms with Gasteiger partial charge in [-0.25, -0.2) is 4.98 Å². The highest BCUT2D eigenvalue weighted by Gasteiger charge is 2.25. The van der Waals surface area contributed by atoms with Gasteiger partial charge in [-0.15, -0.1) is 0 Å². The van der Waals surface area contributed by atoms with E-state index in [0.717, 1.165) is 25.0 Å². The number of anilines is 2. The second-order valence-electron chi connectivity index (χ2n) is 5.04. The molecule has 0 aromatic carbocycles. The number of aromatic nitrogens is 2. The van der Waals surface area contributed by atoms with Crippen molar-refractivity contribution < 1.29 is 9.84 Å². The monoisotopic (exact) mass is 313 g/mol. The number of nitrogens with zero attached hydrogens (tertiary/aromatic N) is 2. The van der Waals surface area contributed by atoms with Crippen LogP contribution in [0.3, 0.4) is 0 Å². The molecule has 1 aliphatic carbocycles. The van der Waals surface area contributed by atoms with Crippen molar-refractivity contribution in [3.8, 4) is 5.88 Å². The molecule has 118 valence electrons. The maximum Gasteiger partial charge on any atom is 0.244 e. The summed E-state index contributed by atoms with van der Waals surface area (Å²) in [6.07, 6.45) is 3.24. The summed E-state index contributed by atoms with van der Waals surface area (Å²) in [4.78, 5) is 8.86. The maximum absolute atomic E-state index is 9.63. The van der Waals surface area contributed by atoms with Crippen LogP contribution in [0.5, 0.6) is 5.88 Å². The molecule has 0 spiro atoms. The highest BCUT2D eigenvalue weighted by molar-refractivity contribution is 7.99. The Labute approximate surface area is 129 Å². The number of hydrogen-bond acceptors (Lipinski definition) is 8. The highest BCUT2D eigenvalue weighted by Crippen LogP contribution is 2.33. The van der Waals surface area contributed by atoms with Crippen molar-refractivity contribution in [1.82, 2.24) is 9.97 Å². The van der Waals surface area contributed by atoms with Crippen LogP contribution in [0.25, 0.3) is 0 Å². The number of thioether (sulfide) groups is 1. The van der Waals surface area contributed by atoms with Gasteiger partial charge in [0.15, 0.2) is 16.7 Å². The quantitative estimate of drug-likeness (QED) is 0.260. The van der Waals surface area contributed by atoms with E-state index >= 15 is 0 Å². The molecule has 5 N–H and O–H groups in total. The number of hydrogen-bond donors (Lipinski definition) is 4. The van der Waals surface area contributed by atoms with Gasteiger partial charge in [-0.3, -0.25) is 5.84 Å². The number of ether oxygens (including phenoxy) is 1. The first-order chi connectivity index (χ1) is 10.2. The van der Waals surface area contributed by atoms with E-state index in [9.17, 15) is 5.11 Å². The lowest BCUT2D eigenvalue weighted by Gasteiger charge is -2.18. The van der Waals surface area contributed by atoms with Crippen molar-refractivity contribution in [2.24, 2.45) is 5.84 Å². The zero-order valence-corrected chi connectivity index (χ0v) is 13.2. The fraction of sp³-hybridized carbons (Fsp3) is 0.692. The molecule has 1 aromatic rings. The Hall–Kier alpha value is -1.25. The Balaban J connectivity index is 2.22. The van der Waals surface area contributed by atoms with Crippen LogP contribution in [0.2, 0.25) is 0 Å². The second-order valence-corrected chi connectivity index (χ2v) is 6.10. The van der Waals surface area contributed by atoms with Gasteiger partial charge in [0.1, 0.15) is 0 Å². The Morgan fingerprint density at radius 2 is 2.24 bits per heavy atom. The number of hydrazine groups is 1. The lowest BCUT2D eigenvalue weighted by atomic mass is 10.2. The molecule has 1 heterocycles. The van der Waals surface area contributed by atoms with Gasteiger partial charge in [-0.1, -0.05) is 18.7 Å². The third kappa shape index (κ3) is 4.12. The van der Waals surface area contributed by atoms with E-state index in [1.807, 2.05) is 0 Å². The molecule has 2 unspecified atom stereocenters. The number of methoxy groups -OCH3 is 1. The number of nitrogens with one attached hydrogen (secondary N) is 2. The zero-order chi connectivity index (χ0) is 15.2. The molecule has 21 heavy (non-hydrogen) atoms. The first-order valence-corrected chi connectivity index (χ1v) is 8.16. The lowest BCUT2D eigenvalue weighted by Crippen LogP contribution is -2.21. The molecule has 0 radical (unpaired) electrons. The first kappa shape index (κ1) is 16.1. The number of nitrogen functional groups attached to an aromatic ring is 1. The van der Waals surface area contributed by atoms with Gasteiger partial charge in [0, 0.05) is 11.8 Å². The Morgan fingerprint density at radius 3 is 2.81 bits per heavy atom. The molecule has 1 fully saturated rings. The Bertz CT molecular complexity index is 474. The van der Waals surface area contributed by atoms with Crippen LogP contribution in [0.4, 0.5) is 11.5 Å². The maximum atomic E-state index is 9.63. The minimum atomic E-state index is -0.241. The zero-order valence-electron chi connectivity index (χ0n) is 12.4. The Morgan fingerprint density at radius 1 is 1.43 bits per heavy atom. The molecule has 0 saturated heterocycles. The lowest BCUT2D eigenvalue weighted by molar-refractivity contribution is 0.182. The molecule has 1 saturated carbocycles. The normalized spacial score (nSPS) is 21.3. The van der Waals surface area contributed by atoms with Crippen LogP contribution < -0.4 is 21.3 Å².